The summed E-state index contributed by atoms with van der Waals surface area (Å²) < 4.78 is 6.51. The molecule has 2 unspecified atom stereocenters. The van der Waals surface area contributed by atoms with Crippen LogP contribution in [0.15, 0.2) is 28.7 Å². The molecule has 1 N–H and O–H groups in total. The summed E-state index contributed by atoms with van der Waals surface area (Å²) in [6.45, 7) is 7.87. The van der Waals surface area contributed by atoms with E-state index in [4.69, 9.17) is 4.74 Å². The molecular weight excluding hydrogens is 266 g/mol. The predicted molar refractivity (Wildman–Crippen MR) is 71.6 cm³/mol. The van der Waals surface area contributed by atoms with Crippen molar-refractivity contribution in [3.8, 4) is 0 Å². The fourth-order valence-corrected chi connectivity index (χ4v) is 2.06. The molecule has 2 nitrogen and oxygen atoms in total. The smallest absolute Gasteiger partial charge is 0.0616 e. The van der Waals surface area contributed by atoms with Gasteiger partial charge in [0.2, 0.25) is 0 Å². The maximum absolute atomic E-state index is 5.38. The number of hydrogen-bond acceptors (Lipinski definition) is 2. The molecular formula is C13H20BrNO. The molecule has 0 bridgehead atoms. The zero-order valence-corrected chi connectivity index (χ0v) is 11.8. The summed E-state index contributed by atoms with van der Waals surface area (Å²) >= 11 is 3.49. The zero-order chi connectivity index (χ0) is 12.0. The van der Waals surface area contributed by atoms with E-state index in [0.29, 0.717) is 12.1 Å². The summed E-state index contributed by atoms with van der Waals surface area (Å²) in [6.07, 6.45) is 0. The second kappa shape index (κ2) is 7.05. The normalized spacial score (nSPS) is 14.8. The summed E-state index contributed by atoms with van der Waals surface area (Å²) in [6, 6.07) is 9.09. The quantitative estimate of drug-likeness (QED) is 0.864. The van der Waals surface area contributed by atoms with Gasteiger partial charge in [-0.3, -0.25) is 0 Å². The highest BCUT2D eigenvalue weighted by atomic mass is 79.9. The summed E-state index contributed by atoms with van der Waals surface area (Å²) in [5.41, 5.74) is 1.29. The highest BCUT2D eigenvalue weighted by Crippen LogP contribution is 2.18. The molecule has 0 aliphatic heterocycles. The molecule has 0 heterocycles. The first-order chi connectivity index (χ1) is 7.63. The van der Waals surface area contributed by atoms with Crippen LogP contribution in [-0.2, 0) is 4.74 Å². The van der Waals surface area contributed by atoms with Crippen molar-refractivity contribution in [2.45, 2.75) is 32.9 Å². The predicted octanol–water partition coefficient (Wildman–Crippen LogP) is 3.52. The molecule has 0 aliphatic carbocycles. The Labute approximate surface area is 107 Å². The van der Waals surface area contributed by atoms with Crippen molar-refractivity contribution in [2.24, 2.45) is 0 Å². The van der Waals surface area contributed by atoms with Crippen molar-refractivity contribution < 1.29 is 4.74 Å². The van der Waals surface area contributed by atoms with Crippen molar-refractivity contribution in [3.05, 3.63) is 34.3 Å². The molecule has 0 aliphatic rings. The van der Waals surface area contributed by atoms with Crippen molar-refractivity contribution in [1.29, 1.82) is 0 Å². The third-order valence-corrected chi connectivity index (χ3v) is 2.95. The van der Waals surface area contributed by atoms with Gasteiger partial charge in [-0.2, -0.15) is 0 Å². The van der Waals surface area contributed by atoms with Crippen LogP contribution >= 0.6 is 15.9 Å². The molecule has 0 fully saturated rings. The molecule has 3 heteroatoms. The van der Waals surface area contributed by atoms with Crippen LogP contribution in [0.25, 0.3) is 0 Å². The van der Waals surface area contributed by atoms with Gasteiger partial charge in [-0.15, -0.1) is 0 Å². The molecule has 0 saturated heterocycles. The number of nitrogens with one attached hydrogen (secondary N) is 1. The van der Waals surface area contributed by atoms with E-state index in [9.17, 15) is 0 Å². The van der Waals surface area contributed by atoms with Crippen molar-refractivity contribution in [1.82, 2.24) is 5.32 Å². The van der Waals surface area contributed by atoms with Gasteiger partial charge in [-0.05, 0) is 38.5 Å². The van der Waals surface area contributed by atoms with Gasteiger partial charge in [-0.1, -0.05) is 28.1 Å². The lowest BCUT2D eigenvalue weighted by Gasteiger charge is -2.20. The molecule has 0 saturated carbocycles. The average Bonchev–Trinajstić information content (AvgIpc) is 2.26. The lowest BCUT2D eigenvalue weighted by atomic mass is 10.1. The van der Waals surface area contributed by atoms with Gasteiger partial charge in [0.05, 0.1) is 6.61 Å². The fraction of sp³-hybridized carbons (Fsp3) is 0.538. The summed E-state index contributed by atoms with van der Waals surface area (Å²) in [7, 11) is 0. The van der Waals surface area contributed by atoms with Gasteiger partial charge in [0.1, 0.15) is 0 Å². The van der Waals surface area contributed by atoms with E-state index in [2.05, 4.69) is 53.3 Å². The number of ether oxygens (including phenoxy) is 1. The van der Waals surface area contributed by atoms with Crippen LogP contribution in [0, 0.1) is 0 Å². The molecule has 0 radical (unpaired) electrons. The summed E-state index contributed by atoms with van der Waals surface area (Å²) in [5.74, 6) is 0. The van der Waals surface area contributed by atoms with Crippen LogP contribution in [0.3, 0.4) is 0 Å². The molecule has 0 amide bonds. The zero-order valence-electron chi connectivity index (χ0n) is 10.2. The van der Waals surface area contributed by atoms with Crippen LogP contribution < -0.4 is 5.32 Å². The Balaban J connectivity index is 2.48. The Hall–Kier alpha value is -0.380. The van der Waals surface area contributed by atoms with Gasteiger partial charge in [0.25, 0.3) is 0 Å². The SMILES string of the molecule is CCOCC(C)NC(C)c1cccc(Br)c1. The number of halogens is 1. The maximum Gasteiger partial charge on any atom is 0.0616 e. The lowest BCUT2D eigenvalue weighted by molar-refractivity contribution is 0.124. The summed E-state index contributed by atoms with van der Waals surface area (Å²) in [5, 5.41) is 3.51. The van der Waals surface area contributed by atoms with E-state index in [-0.39, 0.29) is 0 Å². The van der Waals surface area contributed by atoms with Crippen LogP contribution in [0.2, 0.25) is 0 Å². The van der Waals surface area contributed by atoms with E-state index in [1.807, 2.05) is 13.0 Å². The van der Waals surface area contributed by atoms with Crippen LogP contribution in [0.5, 0.6) is 0 Å². The average molecular weight is 286 g/mol. The van der Waals surface area contributed by atoms with Crippen LogP contribution in [0.4, 0.5) is 0 Å². The lowest BCUT2D eigenvalue weighted by Crippen LogP contribution is -2.32. The standard InChI is InChI=1S/C13H20BrNO/c1-4-16-9-10(2)15-11(3)12-6-5-7-13(14)8-12/h5-8,10-11,15H,4,9H2,1-3H3. The maximum atomic E-state index is 5.38. The van der Waals surface area contributed by atoms with Gasteiger partial charge in [-0.25, -0.2) is 0 Å². The Kier molecular flexibility index (Phi) is 6.03. The molecule has 0 spiro atoms. The Bertz CT molecular complexity index is 317. The Morgan fingerprint density at radius 3 is 2.75 bits per heavy atom. The van der Waals surface area contributed by atoms with Crippen molar-refractivity contribution >= 4 is 15.9 Å². The van der Waals surface area contributed by atoms with Gasteiger partial charge in [0.15, 0.2) is 0 Å². The Morgan fingerprint density at radius 1 is 1.38 bits per heavy atom. The number of benzene rings is 1. The monoisotopic (exact) mass is 285 g/mol. The van der Waals surface area contributed by atoms with Gasteiger partial charge < -0.3 is 10.1 Å². The fourth-order valence-electron chi connectivity index (χ4n) is 1.64. The minimum atomic E-state index is 0.341. The first kappa shape index (κ1) is 13.7. The first-order valence-corrected chi connectivity index (χ1v) is 6.52. The van der Waals surface area contributed by atoms with Gasteiger partial charge in [0, 0.05) is 23.2 Å². The molecule has 90 valence electrons. The third kappa shape index (κ3) is 4.64. The largest absolute Gasteiger partial charge is 0.380 e. The van der Waals surface area contributed by atoms with E-state index in [1.165, 1.54) is 5.56 Å². The topological polar surface area (TPSA) is 21.3 Å². The van der Waals surface area contributed by atoms with Crippen molar-refractivity contribution in [3.63, 3.8) is 0 Å². The molecule has 1 rings (SSSR count). The highest BCUT2D eigenvalue weighted by molar-refractivity contribution is 9.10. The van der Waals surface area contributed by atoms with Crippen molar-refractivity contribution in [2.75, 3.05) is 13.2 Å². The summed E-state index contributed by atoms with van der Waals surface area (Å²) in [4.78, 5) is 0. The minimum Gasteiger partial charge on any atom is -0.380 e. The van der Waals surface area contributed by atoms with Crippen LogP contribution in [0.1, 0.15) is 32.4 Å². The van der Waals surface area contributed by atoms with E-state index in [1.54, 1.807) is 0 Å². The molecule has 0 aromatic heterocycles. The molecule has 1 aromatic carbocycles. The highest BCUT2D eigenvalue weighted by Gasteiger charge is 2.09. The van der Waals surface area contributed by atoms with Gasteiger partial charge >= 0.3 is 0 Å². The molecule has 16 heavy (non-hydrogen) atoms. The van der Waals surface area contributed by atoms with E-state index in [0.717, 1.165) is 17.7 Å². The molecule has 1 aromatic rings. The van der Waals surface area contributed by atoms with Crippen LogP contribution in [-0.4, -0.2) is 19.3 Å². The third-order valence-electron chi connectivity index (χ3n) is 2.46. The number of hydrogen-bond donors (Lipinski definition) is 1. The second-order valence-corrected chi connectivity index (χ2v) is 4.92. The van der Waals surface area contributed by atoms with E-state index < -0.39 is 0 Å². The van der Waals surface area contributed by atoms with E-state index >= 15 is 0 Å². The number of rotatable bonds is 6. The second-order valence-electron chi connectivity index (χ2n) is 4.00. The molecule has 2 atom stereocenters. The Morgan fingerprint density at radius 2 is 2.12 bits per heavy atom. The minimum absolute atomic E-state index is 0.341. The first-order valence-electron chi connectivity index (χ1n) is 5.72.